The fraction of sp³-hybridized carbons (Fsp3) is 0.429. The predicted molar refractivity (Wildman–Crippen MR) is 108 cm³/mol. The van der Waals surface area contributed by atoms with Crippen molar-refractivity contribution < 1.29 is 14.3 Å². The second kappa shape index (κ2) is 8.46. The number of ether oxygens (including phenoxy) is 1. The summed E-state index contributed by atoms with van der Waals surface area (Å²) in [6, 6.07) is 11.2. The molecule has 2 fully saturated rings. The van der Waals surface area contributed by atoms with Crippen LogP contribution in [0.1, 0.15) is 18.7 Å². The lowest BCUT2D eigenvalue weighted by Gasteiger charge is -2.33. The summed E-state index contributed by atoms with van der Waals surface area (Å²) in [7, 11) is 0. The Morgan fingerprint density at radius 2 is 2.00 bits per heavy atom. The lowest BCUT2D eigenvalue weighted by molar-refractivity contribution is -0.134. The van der Waals surface area contributed by atoms with Gasteiger partial charge in [-0.15, -0.1) is 0 Å². The van der Waals surface area contributed by atoms with Crippen LogP contribution in [0.5, 0.6) is 5.88 Å². The van der Waals surface area contributed by atoms with E-state index >= 15 is 0 Å². The summed E-state index contributed by atoms with van der Waals surface area (Å²) in [5.74, 6) is 1.15. The van der Waals surface area contributed by atoms with Crippen LogP contribution in [0.15, 0.2) is 42.6 Å². The molecule has 3 heterocycles. The first-order valence-electron chi connectivity index (χ1n) is 9.96. The van der Waals surface area contributed by atoms with E-state index in [1.54, 1.807) is 27.0 Å². The van der Waals surface area contributed by atoms with E-state index in [9.17, 15) is 9.59 Å². The number of rotatable bonds is 5. The van der Waals surface area contributed by atoms with E-state index in [0.29, 0.717) is 37.9 Å². The number of carbonyl (C=O) groups is 2. The number of urea groups is 1. The predicted octanol–water partition coefficient (Wildman–Crippen LogP) is 2.10. The maximum atomic E-state index is 12.8. The molecule has 0 aliphatic carbocycles. The van der Waals surface area contributed by atoms with Gasteiger partial charge in [0.25, 0.3) is 0 Å². The molecule has 0 saturated carbocycles. The fourth-order valence-electron chi connectivity index (χ4n) is 3.77. The molecule has 0 unspecified atom stereocenters. The molecule has 1 aromatic carbocycles. The van der Waals surface area contributed by atoms with Gasteiger partial charge in [0.05, 0.1) is 6.54 Å². The van der Waals surface area contributed by atoms with E-state index in [0.717, 1.165) is 18.5 Å². The van der Waals surface area contributed by atoms with Crippen molar-refractivity contribution >= 4 is 17.6 Å². The third kappa shape index (κ3) is 4.47. The van der Waals surface area contributed by atoms with Gasteiger partial charge in [0.2, 0.25) is 11.8 Å². The number of amides is 3. The third-order valence-electron chi connectivity index (χ3n) is 5.26. The Morgan fingerprint density at radius 3 is 2.79 bits per heavy atom. The van der Waals surface area contributed by atoms with Crippen molar-refractivity contribution in [1.29, 1.82) is 0 Å². The topological polar surface area (TPSA) is 78.9 Å². The number of carbonyl (C=O) groups excluding carboxylic acids is 2. The first kappa shape index (κ1) is 19.2. The SMILES string of the molecule is Cc1nccc(O[C@H]2CCCN(C(=O)CN3CCN(c4ccccc4)C3=O)C2)n1. The lowest BCUT2D eigenvalue weighted by Crippen LogP contribution is -2.48. The van der Waals surface area contributed by atoms with Crippen molar-refractivity contribution in [2.24, 2.45) is 0 Å². The molecule has 8 nitrogen and oxygen atoms in total. The van der Waals surface area contributed by atoms with Gasteiger partial charge in [-0.25, -0.2) is 9.78 Å². The Hall–Kier alpha value is -3.16. The number of hydrogen-bond acceptors (Lipinski definition) is 5. The summed E-state index contributed by atoms with van der Waals surface area (Å²) in [5.41, 5.74) is 0.860. The van der Waals surface area contributed by atoms with Crippen molar-refractivity contribution in [1.82, 2.24) is 19.8 Å². The molecule has 29 heavy (non-hydrogen) atoms. The molecule has 2 aromatic rings. The van der Waals surface area contributed by atoms with Gasteiger partial charge in [-0.1, -0.05) is 18.2 Å². The Kier molecular flexibility index (Phi) is 5.59. The number of aryl methyl sites for hydroxylation is 1. The minimum absolute atomic E-state index is 0.0413. The first-order chi connectivity index (χ1) is 14.1. The zero-order valence-electron chi connectivity index (χ0n) is 16.5. The van der Waals surface area contributed by atoms with Gasteiger partial charge in [-0.2, -0.15) is 4.98 Å². The summed E-state index contributed by atoms with van der Waals surface area (Å²) < 4.78 is 5.95. The van der Waals surface area contributed by atoms with Crippen LogP contribution < -0.4 is 9.64 Å². The molecule has 2 aliphatic rings. The highest BCUT2D eigenvalue weighted by atomic mass is 16.5. The normalized spacial score (nSPS) is 19.6. The minimum atomic E-state index is -0.120. The monoisotopic (exact) mass is 395 g/mol. The molecule has 0 radical (unpaired) electrons. The quantitative estimate of drug-likeness (QED) is 0.775. The molecule has 0 spiro atoms. The summed E-state index contributed by atoms with van der Waals surface area (Å²) in [6.45, 7) is 4.25. The number of para-hydroxylation sites is 1. The molecule has 2 aliphatic heterocycles. The standard InChI is InChI=1S/C21H25N5O3/c1-16-22-10-9-19(23-16)29-18-8-5-11-24(14-18)20(27)15-25-12-13-26(21(25)28)17-6-3-2-4-7-17/h2-4,6-7,9-10,18H,5,8,11-15H2,1H3/t18-/m0/s1. The average molecular weight is 395 g/mol. The summed E-state index contributed by atoms with van der Waals surface area (Å²) in [6.07, 6.45) is 3.31. The van der Waals surface area contributed by atoms with Crippen LogP contribution in [-0.4, -0.2) is 70.5 Å². The van der Waals surface area contributed by atoms with Gasteiger partial charge in [-0.05, 0) is 31.9 Å². The first-order valence-corrected chi connectivity index (χ1v) is 9.96. The van der Waals surface area contributed by atoms with Crippen molar-refractivity contribution in [3.63, 3.8) is 0 Å². The Balaban J connectivity index is 1.33. The van der Waals surface area contributed by atoms with Gasteiger partial charge in [-0.3, -0.25) is 9.69 Å². The number of piperidine rings is 1. The van der Waals surface area contributed by atoms with Gasteiger partial charge in [0.1, 0.15) is 18.5 Å². The Morgan fingerprint density at radius 1 is 1.17 bits per heavy atom. The zero-order chi connectivity index (χ0) is 20.2. The van der Waals surface area contributed by atoms with Crippen molar-refractivity contribution in [3.8, 4) is 5.88 Å². The van der Waals surface area contributed by atoms with Crippen LogP contribution in [-0.2, 0) is 4.79 Å². The van der Waals surface area contributed by atoms with Crippen LogP contribution in [0.3, 0.4) is 0 Å². The summed E-state index contributed by atoms with van der Waals surface area (Å²) in [4.78, 5) is 39.0. The second-order valence-corrected chi connectivity index (χ2v) is 7.36. The molecule has 0 N–H and O–H groups in total. The van der Waals surface area contributed by atoms with Crippen LogP contribution in [0.2, 0.25) is 0 Å². The second-order valence-electron chi connectivity index (χ2n) is 7.36. The number of likely N-dealkylation sites (tertiary alicyclic amines) is 1. The summed E-state index contributed by atoms with van der Waals surface area (Å²) >= 11 is 0. The third-order valence-corrected chi connectivity index (χ3v) is 5.26. The van der Waals surface area contributed by atoms with E-state index in [2.05, 4.69) is 9.97 Å². The number of hydrogen-bond donors (Lipinski definition) is 0. The molecule has 2 saturated heterocycles. The largest absolute Gasteiger partial charge is 0.472 e. The average Bonchev–Trinajstić information content (AvgIpc) is 3.09. The maximum absolute atomic E-state index is 12.8. The smallest absolute Gasteiger partial charge is 0.325 e. The van der Waals surface area contributed by atoms with Gasteiger partial charge in [0, 0.05) is 37.6 Å². The van der Waals surface area contributed by atoms with Crippen molar-refractivity contribution in [2.45, 2.75) is 25.9 Å². The molecular formula is C21H25N5O3. The van der Waals surface area contributed by atoms with Crippen molar-refractivity contribution in [3.05, 3.63) is 48.4 Å². The molecule has 0 bridgehead atoms. The van der Waals surface area contributed by atoms with E-state index in [1.807, 2.05) is 37.3 Å². The number of nitrogens with zero attached hydrogens (tertiary/aromatic N) is 5. The zero-order valence-corrected chi connectivity index (χ0v) is 16.5. The minimum Gasteiger partial charge on any atom is -0.472 e. The van der Waals surface area contributed by atoms with Gasteiger partial charge in [0.15, 0.2) is 0 Å². The fourth-order valence-corrected chi connectivity index (χ4v) is 3.77. The maximum Gasteiger partial charge on any atom is 0.325 e. The molecule has 3 amide bonds. The van der Waals surface area contributed by atoms with Crippen LogP contribution in [0.25, 0.3) is 0 Å². The Bertz CT molecular complexity index is 876. The molecule has 8 heteroatoms. The Labute approximate surface area is 170 Å². The van der Waals surface area contributed by atoms with Crippen LogP contribution in [0, 0.1) is 6.92 Å². The molecule has 1 aromatic heterocycles. The van der Waals surface area contributed by atoms with Gasteiger partial charge >= 0.3 is 6.03 Å². The van der Waals surface area contributed by atoms with Crippen molar-refractivity contribution in [2.75, 3.05) is 37.6 Å². The van der Waals surface area contributed by atoms with E-state index in [-0.39, 0.29) is 24.6 Å². The van der Waals surface area contributed by atoms with E-state index in [1.165, 1.54) is 0 Å². The number of aromatic nitrogens is 2. The molecular weight excluding hydrogens is 370 g/mol. The van der Waals surface area contributed by atoms with Crippen LogP contribution in [0.4, 0.5) is 10.5 Å². The highest BCUT2D eigenvalue weighted by Crippen LogP contribution is 2.21. The molecule has 1 atom stereocenters. The number of anilines is 1. The van der Waals surface area contributed by atoms with E-state index in [4.69, 9.17) is 4.74 Å². The number of benzene rings is 1. The van der Waals surface area contributed by atoms with E-state index < -0.39 is 0 Å². The highest BCUT2D eigenvalue weighted by molar-refractivity contribution is 5.96. The molecule has 152 valence electrons. The summed E-state index contributed by atoms with van der Waals surface area (Å²) in [5, 5.41) is 0. The highest BCUT2D eigenvalue weighted by Gasteiger charge is 2.33. The van der Waals surface area contributed by atoms with Crippen LogP contribution >= 0.6 is 0 Å². The lowest BCUT2D eigenvalue weighted by atomic mass is 10.1. The molecule has 4 rings (SSSR count). The van der Waals surface area contributed by atoms with Gasteiger partial charge < -0.3 is 14.5 Å².